The van der Waals surface area contributed by atoms with Gasteiger partial charge in [0.25, 0.3) is 0 Å². The van der Waals surface area contributed by atoms with E-state index in [9.17, 15) is 9.67 Å². The van der Waals surface area contributed by atoms with Gasteiger partial charge in [-0.05, 0) is 22.3 Å². The lowest BCUT2D eigenvalue weighted by molar-refractivity contribution is -0.119. The molecule has 210 valence electrons. The van der Waals surface area contributed by atoms with Crippen LogP contribution in [-0.4, -0.2) is 30.5 Å². The minimum Gasteiger partial charge on any atom is -0.394 e. The Kier molecular flexibility index (Phi) is 12.1. The highest BCUT2D eigenvalue weighted by Crippen LogP contribution is 2.51. The number of benzene rings is 4. The summed E-state index contributed by atoms with van der Waals surface area (Å²) in [5.74, 6) is 0. The molecule has 0 aliphatic carbocycles. The summed E-state index contributed by atoms with van der Waals surface area (Å²) in [7, 11) is -4.04. The van der Waals surface area contributed by atoms with Gasteiger partial charge in [0.2, 0.25) is 0 Å². The van der Waals surface area contributed by atoms with E-state index in [2.05, 4.69) is 0 Å². The van der Waals surface area contributed by atoms with Crippen LogP contribution in [0.1, 0.15) is 22.3 Å². The van der Waals surface area contributed by atoms with Crippen molar-refractivity contribution in [1.29, 1.82) is 0 Å². The normalized spacial score (nSPS) is 13.1. The van der Waals surface area contributed by atoms with E-state index in [-0.39, 0.29) is 39.6 Å². The van der Waals surface area contributed by atoms with Crippen LogP contribution >= 0.6 is 7.82 Å². The molecule has 7 nitrogen and oxygen atoms in total. The molecule has 8 heteroatoms. The van der Waals surface area contributed by atoms with Gasteiger partial charge in [0.05, 0.1) is 39.6 Å². The Bertz CT molecular complexity index is 1230. The maximum Gasteiger partial charge on any atom is 0.475 e. The number of phosphoric ester groups is 1. The molecule has 2 atom stereocenters. The summed E-state index contributed by atoms with van der Waals surface area (Å²) in [5.41, 5.74) is 3.54. The van der Waals surface area contributed by atoms with Crippen LogP contribution in [0, 0.1) is 0 Å². The van der Waals surface area contributed by atoms with E-state index < -0.39 is 20.0 Å². The van der Waals surface area contributed by atoms with Crippen LogP contribution in [0.15, 0.2) is 121 Å². The van der Waals surface area contributed by atoms with Crippen LogP contribution in [0.5, 0.6) is 0 Å². The van der Waals surface area contributed by atoms with Gasteiger partial charge < -0.3 is 14.6 Å². The van der Waals surface area contributed by atoms with Crippen LogP contribution in [0.4, 0.5) is 0 Å². The van der Waals surface area contributed by atoms with E-state index in [0.717, 1.165) is 22.3 Å². The smallest absolute Gasteiger partial charge is 0.394 e. The highest BCUT2D eigenvalue weighted by molar-refractivity contribution is 7.48. The summed E-state index contributed by atoms with van der Waals surface area (Å²) in [6.45, 7) is 0.0835. The Morgan fingerprint density at radius 1 is 0.500 bits per heavy atom. The van der Waals surface area contributed by atoms with Gasteiger partial charge in [-0.1, -0.05) is 121 Å². The van der Waals surface area contributed by atoms with Crippen molar-refractivity contribution in [3.63, 3.8) is 0 Å². The highest BCUT2D eigenvalue weighted by Gasteiger charge is 2.32. The van der Waals surface area contributed by atoms with Crippen LogP contribution in [0.25, 0.3) is 0 Å². The van der Waals surface area contributed by atoms with Gasteiger partial charge >= 0.3 is 7.82 Å². The predicted octanol–water partition coefficient (Wildman–Crippen LogP) is 6.71. The van der Waals surface area contributed by atoms with Crippen molar-refractivity contribution in [2.24, 2.45) is 0 Å². The van der Waals surface area contributed by atoms with E-state index >= 15 is 0 Å². The number of rotatable bonds is 17. The third-order valence-electron chi connectivity index (χ3n) is 6.07. The molecule has 4 aromatic rings. The molecule has 0 spiro atoms. The van der Waals surface area contributed by atoms with Crippen molar-refractivity contribution >= 4 is 7.82 Å². The van der Waals surface area contributed by atoms with E-state index in [1.165, 1.54) is 0 Å². The fourth-order valence-electron chi connectivity index (χ4n) is 3.83. The number of aliphatic hydroxyl groups excluding tert-OH is 1. The number of hydrogen-bond donors (Lipinski definition) is 1. The summed E-state index contributed by atoms with van der Waals surface area (Å²) in [4.78, 5) is 0. The molecule has 0 unspecified atom stereocenters. The predicted molar refractivity (Wildman–Crippen MR) is 153 cm³/mol. The van der Waals surface area contributed by atoms with E-state index in [0.29, 0.717) is 0 Å². The molecule has 4 rings (SSSR count). The van der Waals surface area contributed by atoms with Gasteiger partial charge in [-0.2, -0.15) is 0 Å². The lowest BCUT2D eigenvalue weighted by Crippen LogP contribution is -2.38. The molecule has 4 aromatic carbocycles. The second-order valence-corrected chi connectivity index (χ2v) is 10.8. The van der Waals surface area contributed by atoms with Gasteiger partial charge in [0, 0.05) is 0 Å². The summed E-state index contributed by atoms with van der Waals surface area (Å²) in [6.07, 6.45) is -1.51. The average Bonchev–Trinajstić information content (AvgIpc) is 3.02. The molecule has 0 aliphatic heterocycles. The Morgan fingerprint density at radius 3 is 1.23 bits per heavy atom. The van der Waals surface area contributed by atoms with Gasteiger partial charge in [0.15, 0.2) is 0 Å². The third kappa shape index (κ3) is 10.1. The fourth-order valence-corrected chi connectivity index (χ4v) is 5.00. The average molecular weight is 563 g/mol. The van der Waals surface area contributed by atoms with Gasteiger partial charge in [-0.15, -0.1) is 0 Å². The minimum absolute atomic E-state index is 0.0381. The lowest BCUT2D eigenvalue weighted by Gasteiger charge is -2.28. The van der Waals surface area contributed by atoms with Crippen molar-refractivity contribution < 1.29 is 32.7 Å². The molecule has 0 bridgehead atoms. The molecule has 0 radical (unpaired) electrons. The first-order chi connectivity index (χ1) is 19.6. The Morgan fingerprint density at radius 2 is 0.850 bits per heavy atom. The third-order valence-corrected chi connectivity index (χ3v) is 7.43. The van der Waals surface area contributed by atoms with Gasteiger partial charge in [-0.25, -0.2) is 4.57 Å². The second kappa shape index (κ2) is 16.2. The molecule has 0 fully saturated rings. The zero-order chi connectivity index (χ0) is 27.9. The van der Waals surface area contributed by atoms with E-state index in [1.54, 1.807) is 0 Å². The monoisotopic (exact) mass is 562 g/mol. The lowest BCUT2D eigenvalue weighted by atomic mass is 10.2. The van der Waals surface area contributed by atoms with Crippen LogP contribution in [0.2, 0.25) is 0 Å². The molecule has 0 aromatic heterocycles. The number of ether oxygens (including phenoxy) is 2. The quantitative estimate of drug-likeness (QED) is 0.143. The number of phosphoric acid groups is 1. The molecule has 0 amide bonds. The van der Waals surface area contributed by atoms with Crippen molar-refractivity contribution in [2.45, 2.75) is 38.6 Å². The van der Waals surface area contributed by atoms with Crippen LogP contribution in [0.3, 0.4) is 0 Å². The second-order valence-electron chi connectivity index (χ2n) is 9.11. The minimum atomic E-state index is -4.04. The maximum atomic E-state index is 13.8. The van der Waals surface area contributed by atoms with Crippen molar-refractivity contribution in [1.82, 2.24) is 0 Å². The van der Waals surface area contributed by atoms with Crippen molar-refractivity contribution in [2.75, 3.05) is 13.2 Å². The van der Waals surface area contributed by atoms with Crippen LogP contribution < -0.4 is 0 Å². The Balaban J connectivity index is 1.46. The summed E-state index contributed by atoms with van der Waals surface area (Å²) < 4.78 is 43.3. The summed E-state index contributed by atoms with van der Waals surface area (Å²) in [6, 6.07) is 38.0. The molecular formula is C32H35O7P. The first-order valence-electron chi connectivity index (χ1n) is 13.2. The number of aliphatic hydroxyl groups is 1. The molecular weight excluding hydrogens is 527 g/mol. The standard InChI is InChI=1S/C32H35O7P/c33-21-31(35-22-27-13-5-1-6-14-27)32(36-23-28-15-7-2-8-16-28)26-39-40(34,37-24-29-17-9-3-10-18-29)38-25-30-19-11-4-12-20-30/h1-20,31-33H,21-26H2/t31-,32-/m1/s1. The zero-order valence-electron chi connectivity index (χ0n) is 22.3. The maximum absolute atomic E-state index is 13.8. The molecule has 0 saturated heterocycles. The van der Waals surface area contributed by atoms with E-state index in [1.807, 2.05) is 121 Å². The van der Waals surface area contributed by atoms with E-state index in [4.69, 9.17) is 23.0 Å². The number of hydrogen-bond acceptors (Lipinski definition) is 7. The highest BCUT2D eigenvalue weighted by atomic mass is 31.2. The summed E-state index contributed by atoms with van der Waals surface area (Å²) >= 11 is 0. The first kappa shape index (κ1) is 29.8. The van der Waals surface area contributed by atoms with Crippen molar-refractivity contribution in [3.05, 3.63) is 144 Å². The van der Waals surface area contributed by atoms with Gasteiger partial charge in [-0.3, -0.25) is 13.6 Å². The molecule has 0 saturated carbocycles. The largest absolute Gasteiger partial charge is 0.475 e. The van der Waals surface area contributed by atoms with Crippen LogP contribution in [-0.2, 0) is 54.0 Å². The first-order valence-corrected chi connectivity index (χ1v) is 14.6. The zero-order valence-corrected chi connectivity index (χ0v) is 23.2. The Hall–Kier alpha value is -3.13. The molecule has 0 heterocycles. The van der Waals surface area contributed by atoms with Crippen molar-refractivity contribution in [3.8, 4) is 0 Å². The molecule has 40 heavy (non-hydrogen) atoms. The fraction of sp³-hybridized carbons (Fsp3) is 0.250. The summed E-state index contributed by atoms with van der Waals surface area (Å²) in [5, 5.41) is 10.2. The Labute approximate surface area is 235 Å². The molecule has 1 N–H and O–H groups in total. The molecule has 0 aliphatic rings. The topological polar surface area (TPSA) is 83.5 Å². The van der Waals surface area contributed by atoms with Gasteiger partial charge in [0.1, 0.15) is 12.2 Å². The SMILES string of the molecule is O=P(OCc1ccccc1)(OCc1ccccc1)OC[C@@H](OCc1ccccc1)[C@@H](CO)OCc1ccccc1.